The Morgan fingerprint density at radius 3 is 2.80 bits per heavy atom. The molecule has 3 atom stereocenters. The molecule has 0 aromatic heterocycles. The molecular formula is C16H24BrClN2. The van der Waals surface area contributed by atoms with Crippen LogP contribution in [-0.4, -0.2) is 24.0 Å². The molecule has 2 fully saturated rings. The van der Waals surface area contributed by atoms with E-state index in [9.17, 15) is 0 Å². The van der Waals surface area contributed by atoms with E-state index in [1.54, 1.807) is 0 Å². The van der Waals surface area contributed by atoms with Crippen LogP contribution in [0.4, 0.5) is 0 Å². The summed E-state index contributed by atoms with van der Waals surface area (Å²) in [5.41, 5.74) is 9.00. The fraction of sp³-hybridized carbons (Fsp3) is 0.625. The van der Waals surface area contributed by atoms with Crippen LogP contribution in [0.1, 0.15) is 30.4 Å². The van der Waals surface area contributed by atoms with Crippen LogP contribution in [0.2, 0.25) is 0 Å². The number of nitrogens with two attached hydrogens (primary N) is 1. The van der Waals surface area contributed by atoms with Crippen molar-refractivity contribution >= 4 is 28.3 Å². The Bertz CT molecular complexity index is 466. The molecule has 1 aromatic carbocycles. The number of hydrogen-bond donors (Lipinski definition) is 1. The molecule has 1 aliphatic heterocycles. The summed E-state index contributed by atoms with van der Waals surface area (Å²) in [6.45, 7) is 5.64. The summed E-state index contributed by atoms with van der Waals surface area (Å²) in [6.07, 6.45) is 3.93. The largest absolute Gasteiger partial charge is 0.327 e. The van der Waals surface area contributed by atoms with Crippen molar-refractivity contribution < 1.29 is 0 Å². The van der Waals surface area contributed by atoms with Crippen LogP contribution < -0.4 is 5.73 Å². The van der Waals surface area contributed by atoms with E-state index in [1.165, 1.54) is 48.0 Å². The maximum absolute atomic E-state index is 6.29. The smallest absolute Gasteiger partial charge is 0.0234 e. The van der Waals surface area contributed by atoms with Crippen LogP contribution in [0.25, 0.3) is 0 Å². The number of rotatable bonds is 2. The first-order valence-corrected chi connectivity index (χ1v) is 8.16. The maximum Gasteiger partial charge on any atom is 0.0234 e. The van der Waals surface area contributed by atoms with Crippen LogP contribution >= 0.6 is 28.3 Å². The van der Waals surface area contributed by atoms with E-state index in [0.29, 0.717) is 6.04 Å². The van der Waals surface area contributed by atoms with Crippen molar-refractivity contribution in [2.24, 2.45) is 17.6 Å². The second-order valence-corrected chi connectivity index (χ2v) is 7.15. The molecular weight excluding hydrogens is 336 g/mol. The van der Waals surface area contributed by atoms with Crippen LogP contribution in [0.5, 0.6) is 0 Å². The molecule has 1 saturated carbocycles. The zero-order valence-corrected chi connectivity index (χ0v) is 14.4. The van der Waals surface area contributed by atoms with Gasteiger partial charge < -0.3 is 5.73 Å². The lowest BCUT2D eigenvalue weighted by Crippen LogP contribution is -2.38. The van der Waals surface area contributed by atoms with Crippen molar-refractivity contribution in [2.45, 2.75) is 38.8 Å². The van der Waals surface area contributed by atoms with Crippen molar-refractivity contribution in [3.8, 4) is 0 Å². The first-order valence-electron chi connectivity index (χ1n) is 7.36. The van der Waals surface area contributed by atoms with E-state index in [0.717, 1.165) is 18.4 Å². The fourth-order valence-electron chi connectivity index (χ4n) is 3.73. The second kappa shape index (κ2) is 6.78. The summed E-state index contributed by atoms with van der Waals surface area (Å²) in [5.74, 6) is 1.58. The molecule has 1 aliphatic carbocycles. The van der Waals surface area contributed by atoms with Crippen molar-refractivity contribution in [3.63, 3.8) is 0 Å². The van der Waals surface area contributed by atoms with Gasteiger partial charge in [0.05, 0.1) is 0 Å². The maximum atomic E-state index is 6.29. The molecule has 0 bridgehead atoms. The van der Waals surface area contributed by atoms with Gasteiger partial charge in [-0.1, -0.05) is 34.5 Å². The van der Waals surface area contributed by atoms with E-state index >= 15 is 0 Å². The topological polar surface area (TPSA) is 29.3 Å². The molecule has 0 spiro atoms. The molecule has 2 N–H and O–H groups in total. The first kappa shape index (κ1) is 16.3. The molecule has 0 radical (unpaired) electrons. The summed E-state index contributed by atoms with van der Waals surface area (Å²) >= 11 is 3.63. The third-order valence-electron chi connectivity index (χ3n) is 4.87. The van der Waals surface area contributed by atoms with Crippen molar-refractivity contribution in [3.05, 3.63) is 33.8 Å². The van der Waals surface area contributed by atoms with E-state index < -0.39 is 0 Å². The number of hydrogen-bond acceptors (Lipinski definition) is 2. The zero-order valence-electron chi connectivity index (χ0n) is 12.0. The quantitative estimate of drug-likeness (QED) is 0.871. The third kappa shape index (κ3) is 3.38. The molecule has 4 heteroatoms. The minimum absolute atomic E-state index is 0. The Morgan fingerprint density at radius 1 is 1.30 bits per heavy atom. The zero-order chi connectivity index (χ0) is 13.4. The first-order chi connectivity index (χ1) is 9.13. The highest BCUT2D eigenvalue weighted by Crippen LogP contribution is 2.36. The third-order valence-corrected chi connectivity index (χ3v) is 5.73. The van der Waals surface area contributed by atoms with Crippen molar-refractivity contribution in [2.75, 3.05) is 13.1 Å². The SMILES string of the molecule is Cc1ccc(CN2CC3CCCC(N)C3C2)cc1Br.Cl. The van der Waals surface area contributed by atoms with Gasteiger partial charge in [0, 0.05) is 30.1 Å². The minimum atomic E-state index is 0. The van der Waals surface area contributed by atoms with E-state index in [2.05, 4.69) is 46.0 Å². The average molecular weight is 360 g/mol. The molecule has 1 saturated heterocycles. The number of nitrogens with zero attached hydrogens (tertiary/aromatic N) is 1. The normalized spacial score (nSPS) is 29.9. The van der Waals surface area contributed by atoms with Gasteiger partial charge in [-0.2, -0.15) is 0 Å². The second-order valence-electron chi connectivity index (χ2n) is 6.30. The van der Waals surface area contributed by atoms with E-state index in [-0.39, 0.29) is 12.4 Å². The van der Waals surface area contributed by atoms with Gasteiger partial charge >= 0.3 is 0 Å². The van der Waals surface area contributed by atoms with Gasteiger partial charge in [0.15, 0.2) is 0 Å². The summed E-state index contributed by atoms with van der Waals surface area (Å²) < 4.78 is 1.22. The molecule has 1 aromatic rings. The number of benzene rings is 1. The van der Waals surface area contributed by atoms with Gasteiger partial charge in [-0.05, 0) is 48.8 Å². The molecule has 112 valence electrons. The van der Waals surface area contributed by atoms with Gasteiger partial charge in [0.2, 0.25) is 0 Å². The molecule has 3 rings (SSSR count). The molecule has 0 amide bonds. The van der Waals surface area contributed by atoms with Crippen LogP contribution in [0.15, 0.2) is 22.7 Å². The summed E-state index contributed by atoms with van der Waals surface area (Å²) in [7, 11) is 0. The van der Waals surface area contributed by atoms with Gasteiger partial charge in [0.25, 0.3) is 0 Å². The Morgan fingerprint density at radius 2 is 2.10 bits per heavy atom. The molecule has 2 aliphatic rings. The lowest BCUT2D eigenvalue weighted by Gasteiger charge is -2.29. The monoisotopic (exact) mass is 358 g/mol. The lowest BCUT2D eigenvalue weighted by atomic mass is 9.78. The fourth-order valence-corrected chi connectivity index (χ4v) is 4.16. The highest BCUT2D eigenvalue weighted by atomic mass is 79.9. The molecule has 20 heavy (non-hydrogen) atoms. The predicted octanol–water partition coefficient (Wildman–Crippen LogP) is 3.74. The predicted molar refractivity (Wildman–Crippen MR) is 90.2 cm³/mol. The minimum Gasteiger partial charge on any atom is -0.327 e. The van der Waals surface area contributed by atoms with Crippen LogP contribution in [-0.2, 0) is 6.54 Å². The number of likely N-dealkylation sites (tertiary alicyclic amines) is 1. The Kier molecular flexibility index (Phi) is 5.52. The van der Waals surface area contributed by atoms with Crippen LogP contribution in [0.3, 0.4) is 0 Å². The Hall–Kier alpha value is -0.0900. The van der Waals surface area contributed by atoms with Crippen LogP contribution in [0, 0.1) is 18.8 Å². The summed E-state index contributed by atoms with van der Waals surface area (Å²) in [5, 5.41) is 0. The Balaban J connectivity index is 0.00000147. The average Bonchev–Trinajstić information content (AvgIpc) is 2.78. The van der Waals surface area contributed by atoms with Crippen molar-refractivity contribution in [1.82, 2.24) is 4.90 Å². The van der Waals surface area contributed by atoms with E-state index in [1.807, 2.05) is 0 Å². The van der Waals surface area contributed by atoms with Gasteiger partial charge in [-0.15, -0.1) is 12.4 Å². The summed E-state index contributed by atoms with van der Waals surface area (Å²) in [6, 6.07) is 7.15. The molecule has 1 heterocycles. The number of aryl methyl sites for hydroxylation is 1. The number of halogens is 2. The lowest BCUT2D eigenvalue weighted by molar-refractivity contribution is 0.259. The highest BCUT2D eigenvalue weighted by molar-refractivity contribution is 9.10. The van der Waals surface area contributed by atoms with Gasteiger partial charge in [0.1, 0.15) is 0 Å². The molecule has 2 nitrogen and oxygen atoms in total. The highest BCUT2D eigenvalue weighted by Gasteiger charge is 2.38. The van der Waals surface area contributed by atoms with Gasteiger partial charge in [-0.25, -0.2) is 0 Å². The standard InChI is InChI=1S/C16H23BrN2.ClH/c1-11-5-6-12(7-15(11)17)8-19-9-13-3-2-4-16(18)14(13)10-19;/h5-7,13-14,16H,2-4,8-10,18H2,1H3;1H. The number of fused-ring (bicyclic) bond motifs is 1. The molecule has 3 unspecified atom stereocenters. The van der Waals surface area contributed by atoms with Crippen molar-refractivity contribution in [1.29, 1.82) is 0 Å². The summed E-state index contributed by atoms with van der Waals surface area (Å²) in [4.78, 5) is 2.59. The van der Waals surface area contributed by atoms with Gasteiger partial charge in [-0.3, -0.25) is 4.90 Å². The Labute approximate surface area is 136 Å². The van der Waals surface area contributed by atoms with E-state index in [4.69, 9.17) is 5.73 Å².